The van der Waals surface area contributed by atoms with E-state index < -0.39 is 16.2 Å². The van der Waals surface area contributed by atoms with Gasteiger partial charge in [-0.15, -0.1) is 0 Å². The molecule has 1 heterocycles. The molecule has 9 heteroatoms. The molecule has 1 aromatic rings. The zero-order valence-corrected chi connectivity index (χ0v) is 17.5. The van der Waals surface area contributed by atoms with Gasteiger partial charge in [-0.2, -0.15) is 8.42 Å². The van der Waals surface area contributed by atoms with Gasteiger partial charge in [-0.05, 0) is 49.8 Å². The minimum absolute atomic E-state index is 0. The van der Waals surface area contributed by atoms with Crippen LogP contribution in [0.5, 0.6) is 0 Å². The van der Waals surface area contributed by atoms with Gasteiger partial charge < -0.3 is 14.6 Å². The fourth-order valence-corrected chi connectivity index (χ4v) is 4.48. The third-order valence-electron chi connectivity index (χ3n) is 4.55. The van der Waals surface area contributed by atoms with Crippen molar-refractivity contribution in [1.82, 2.24) is 0 Å². The fraction of sp³-hybridized carbons (Fsp3) is 0.647. The van der Waals surface area contributed by atoms with Crippen molar-refractivity contribution in [3.05, 3.63) is 29.8 Å². The van der Waals surface area contributed by atoms with Crippen LogP contribution in [0.1, 0.15) is 37.7 Å². The molecule has 26 heavy (non-hydrogen) atoms. The second kappa shape index (κ2) is 11.3. The number of hydrogen-bond donors (Lipinski definition) is 2. The van der Waals surface area contributed by atoms with Crippen LogP contribution in [0, 0.1) is 0 Å². The summed E-state index contributed by atoms with van der Waals surface area (Å²) in [4.78, 5) is -0.149. The summed E-state index contributed by atoms with van der Waals surface area (Å²) in [6.45, 7) is 1.72. The van der Waals surface area contributed by atoms with Crippen LogP contribution in [-0.2, 0) is 26.0 Å². The molecule has 0 radical (unpaired) electrons. The van der Waals surface area contributed by atoms with Gasteiger partial charge in [-0.3, -0.25) is 4.55 Å². The van der Waals surface area contributed by atoms with E-state index in [4.69, 9.17) is 14.0 Å². The van der Waals surface area contributed by atoms with Crippen molar-refractivity contribution in [2.45, 2.75) is 54.7 Å². The van der Waals surface area contributed by atoms with E-state index in [1.54, 1.807) is 12.1 Å². The summed E-state index contributed by atoms with van der Waals surface area (Å²) in [5.41, 5.74) is 0.789. The molecule has 1 aliphatic heterocycles. The average molecular weight is 413 g/mol. The molecular weight excluding hydrogens is 383 g/mol. The molecule has 6 nitrogen and oxygen atoms in total. The molecule has 1 aromatic carbocycles. The first-order valence-electron chi connectivity index (χ1n) is 8.75. The number of benzene rings is 1. The molecule has 2 unspecified atom stereocenters. The summed E-state index contributed by atoms with van der Waals surface area (Å²) in [6, 6.07) is 5.82. The Morgan fingerprint density at radius 2 is 1.96 bits per heavy atom. The summed E-state index contributed by atoms with van der Waals surface area (Å²) < 4.78 is 42.4. The van der Waals surface area contributed by atoms with Crippen molar-refractivity contribution < 1.29 is 27.6 Å². The van der Waals surface area contributed by atoms with E-state index in [-0.39, 0.29) is 46.3 Å². The Balaban J connectivity index is 0.00000338. The van der Waals surface area contributed by atoms with Crippen LogP contribution >= 0.6 is 0 Å². The molecule has 1 saturated heterocycles. The first-order chi connectivity index (χ1) is 11.8. The molecular formula is C17H29NaO6SSi. The van der Waals surface area contributed by atoms with E-state index in [1.165, 1.54) is 18.6 Å². The van der Waals surface area contributed by atoms with Gasteiger partial charge in [0.25, 0.3) is 10.1 Å². The number of aliphatic hydroxyl groups is 1. The summed E-state index contributed by atoms with van der Waals surface area (Å²) >= 11 is 0. The molecule has 0 saturated carbocycles. The molecule has 2 N–H and O–H groups in total. The maximum absolute atomic E-state index is 11.0. The monoisotopic (exact) mass is 412 g/mol. The SMILES string of the molecule is O=S(=O)(O)c1ccc(CC(O)COCCCC2([SiH3])CCCCO2)cc1.[NaH]. The summed E-state index contributed by atoms with van der Waals surface area (Å²) in [5.74, 6) is 0. The molecule has 144 valence electrons. The zero-order chi connectivity index (χ0) is 18.3. The maximum atomic E-state index is 11.0. The van der Waals surface area contributed by atoms with Crippen molar-refractivity contribution >= 4 is 49.9 Å². The number of ether oxygens (including phenoxy) is 2. The van der Waals surface area contributed by atoms with Gasteiger partial charge in [0.1, 0.15) is 0 Å². The number of aliphatic hydroxyl groups excluding tert-OH is 1. The molecule has 1 aliphatic rings. The quantitative estimate of drug-likeness (QED) is 0.343. The third kappa shape index (κ3) is 8.49. The van der Waals surface area contributed by atoms with Crippen molar-refractivity contribution in [3.8, 4) is 0 Å². The van der Waals surface area contributed by atoms with Crippen LogP contribution in [0.15, 0.2) is 29.2 Å². The predicted octanol–water partition coefficient (Wildman–Crippen LogP) is 0.247. The van der Waals surface area contributed by atoms with E-state index in [0.29, 0.717) is 13.0 Å². The van der Waals surface area contributed by atoms with Crippen molar-refractivity contribution in [2.24, 2.45) is 0 Å². The van der Waals surface area contributed by atoms with Crippen LogP contribution in [0.3, 0.4) is 0 Å². The Morgan fingerprint density at radius 1 is 1.27 bits per heavy atom. The van der Waals surface area contributed by atoms with E-state index in [2.05, 4.69) is 0 Å². The summed E-state index contributed by atoms with van der Waals surface area (Å²) in [5, 5.41) is 10.1. The molecule has 1 fully saturated rings. The van der Waals surface area contributed by atoms with Crippen LogP contribution in [-0.4, -0.2) is 89.0 Å². The minimum atomic E-state index is -4.18. The number of rotatable bonds is 9. The van der Waals surface area contributed by atoms with E-state index >= 15 is 0 Å². The topological polar surface area (TPSA) is 93.1 Å². The Bertz CT molecular complexity index is 631. The Hall–Kier alpha value is 0.227. The van der Waals surface area contributed by atoms with Crippen molar-refractivity contribution in [2.75, 3.05) is 19.8 Å². The molecule has 0 bridgehead atoms. The van der Waals surface area contributed by atoms with Gasteiger partial charge in [0.2, 0.25) is 0 Å². The van der Waals surface area contributed by atoms with Crippen LogP contribution in [0.25, 0.3) is 0 Å². The molecule has 0 aromatic heterocycles. The molecule has 2 atom stereocenters. The molecule has 0 spiro atoms. The first kappa shape index (κ1) is 24.3. The van der Waals surface area contributed by atoms with Gasteiger partial charge in [-0.25, -0.2) is 0 Å². The van der Waals surface area contributed by atoms with Gasteiger partial charge in [0, 0.05) is 35.1 Å². The summed E-state index contributed by atoms with van der Waals surface area (Å²) in [7, 11) is -3.14. The van der Waals surface area contributed by atoms with E-state index in [0.717, 1.165) is 48.1 Å². The second-order valence-electron chi connectivity index (χ2n) is 6.91. The average Bonchev–Trinajstić information content (AvgIpc) is 2.55. The van der Waals surface area contributed by atoms with Crippen molar-refractivity contribution in [3.63, 3.8) is 0 Å². The van der Waals surface area contributed by atoms with E-state index in [1.807, 2.05) is 0 Å². The Kier molecular flexibility index (Phi) is 10.5. The standard InChI is InChI=1S/C17H28O6SSi.Na.H/c18-15(12-14-4-6-16(7-5-14)24(19,20)21)13-22-10-3-9-17(25)8-1-2-11-23-17;;/h4-7,15,18H,1-3,8-13H2,25H3,(H,19,20,21);;. The zero-order valence-electron chi connectivity index (χ0n) is 14.7. The van der Waals surface area contributed by atoms with Gasteiger partial charge >= 0.3 is 29.6 Å². The molecule has 0 amide bonds. The molecule has 2 rings (SSSR count). The Morgan fingerprint density at radius 3 is 2.54 bits per heavy atom. The first-order valence-corrected chi connectivity index (χ1v) is 11.2. The third-order valence-corrected chi connectivity index (χ3v) is 6.70. The normalized spacial score (nSPS) is 21.9. The predicted molar refractivity (Wildman–Crippen MR) is 106 cm³/mol. The van der Waals surface area contributed by atoms with Gasteiger partial charge in [0.05, 0.1) is 17.6 Å². The van der Waals surface area contributed by atoms with Gasteiger partial charge in [-0.1, -0.05) is 12.1 Å². The summed E-state index contributed by atoms with van der Waals surface area (Å²) in [6.07, 6.45) is 5.25. The fourth-order valence-electron chi connectivity index (χ4n) is 3.08. The van der Waals surface area contributed by atoms with E-state index in [9.17, 15) is 13.5 Å². The van der Waals surface area contributed by atoms with Crippen LogP contribution < -0.4 is 0 Å². The Labute approximate surface area is 181 Å². The van der Waals surface area contributed by atoms with Crippen LogP contribution in [0.2, 0.25) is 0 Å². The molecule has 0 aliphatic carbocycles. The van der Waals surface area contributed by atoms with Gasteiger partial charge in [0.15, 0.2) is 0 Å². The number of hydrogen-bond acceptors (Lipinski definition) is 5. The van der Waals surface area contributed by atoms with Crippen molar-refractivity contribution in [1.29, 1.82) is 0 Å². The van der Waals surface area contributed by atoms with Crippen LogP contribution in [0.4, 0.5) is 0 Å². The second-order valence-corrected chi connectivity index (χ2v) is 10.2.